The van der Waals surface area contributed by atoms with E-state index in [1.54, 1.807) is 21.3 Å². The van der Waals surface area contributed by atoms with Crippen molar-refractivity contribution in [2.45, 2.75) is 26.4 Å². The molecule has 0 radical (unpaired) electrons. The van der Waals surface area contributed by atoms with Crippen LogP contribution in [0.3, 0.4) is 0 Å². The minimum absolute atomic E-state index is 0.283. The SMILES string of the molecule is COc1cc(CN[C@H](c2ccccc2)C(C)C)cc(OC)c1OC. The Balaban J connectivity index is 2.21. The third kappa shape index (κ3) is 4.20. The van der Waals surface area contributed by atoms with Gasteiger partial charge in [0.15, 0.2) is 11.5 Å². The van der Waals surface area contributed by atoms with Crippen LogP contribution in [-0.2, 0) is 6.54 Å². The summed E-state index contributed by atoms with van der Waals surface area (Å²) < 4.78 is 16.2. The Bertz CT molecular complexity index is 616. The van der Waals surface area contributed by atoms with Gasteiger partial charge in [-0.25, -0.2) is 0 Å². The van der Waals surface area contributed by atoms with Crippen LogP contribution >= 0.6 is 0 Å². The molecule has 2 aromatic carbocycles. The van der Waals surface area contributed by atoms with E-state index in [-0.39, 0.29) is 6.04 Å². The van der Waals surface area contributed by atoms with Crippen molar-refractivity contribution < 1.29 is 14.2 Å². The zero-order chi connectivity index (χ0) is 17.5. The third-order valence-corrected chi connectivity index (χ3v) is 4.08. The van der Waals surface area contributed by atoms with Gasteiger partial charge in [-0.15, -0.1) is 0 Å². The predicted molar refractivity (Wildman–Crippen MR) is 97.0 cm³/mol. The Morgan fingerprint density at radius 3 is 1.92 bits per heavy atom. The molecule has 0 amide bonds. The summed E-state index contributed by atoms with van der Waals surface area (Å²) in [6.45, 7) is 5.16. The average Bonchev–Trinajstić information content (AvgIpc) is 2.61. The maximum Gasteiger partial charge on any atom is 0.203 e. The molecule has 2 rings (SSSR count). The van der Waals surface area contributed by atoms with Crippen molar-refractivity contribution in [3.05, 3.63) is 53.6 Å². The van der Waals surface area contributed by atoms with Crippen molar-refractivity contribution in [1.82, 2.24) is 5.32 Å². The first kappa shape index (κ1) is 18.1. The molecule has 0 fully saturated rings. The molecule has 1 N–H and O–H groups in total. The first-order valence-electron chi connectivity index (χ1n) is 8.17. The molecule has 0 aliphatic rings. The molecule has 2 aromatic rings. The Hall–Kier alpha value is -2.20. The molecule has 4 nitrogen and oxygen atoms in total. The van der Waals surface area contributed by atoms with Gasteiger partial charge in [0.05, 0.1) is 21.3 Å². The van der Waals surface area contributed by atoms with Gasteiger partial charge in [-0.05, 0) is 29.2 Å². The quantitative estimate of drug-likeness (QED) is 0.788. The lowest BCUT2D eigenvalue weighted by molar-refractivity contribution is 0.323. The number of ether oxygens (including phenoxy) is 3. The Morgan fingerprint density at radius 1 is 0.875 bits per heavy atom. The minimum Gasteiger partial charge on any atom is -0.493 e. The number of hydrogen-bond donors (Lipinski definition) is 1. The van der Waals surface area contributed by atoms with E-state index in [2.05, 4.69) is 43.4 Å². The number of rotatable bonds is 8. The normalized spacial score (nSPS) is 12.1. The molecule has 0 saturated heterocycles. The number of hydrogen-bond acceptors (Lipinski definition) is 4. The molecule has 0 saturated carbocycles. The van der Waals surface area contributed by atoms with E-state index in [1.807, 2.05) is 18.2 Å². The molecule has 130 valence electrons. The first-order valence-corrected chi connectivity index (χ1v) is 8.17. The van der Waals surface area contributed by atoms with E-state index < -0.39 is 0 Å². The van der Waals surface area contributed by atoms with Crippen LogP contribution in [0.1, 0.15) is 31.0 Å². The van der Waals surface area contributed by atoms with Crippen molar-refractivity contribution >= 4 is 0 Å². The minimum atomic E-state index is 0.283. The largest absolute Gasteiger partial charge is 0.493 e. The lowest BCUT2D eigenvalue weighted by Gasteiger charge is -2.23. The summed E-state index contributed by atoms with van der Waals surface area (Å²) in [5.41, 5.74) is 2.38. The maximum absolute atomic E-state index is 5.43. The highest BCUT2D eigenvalue weighted by atomic mass is 16.5. The Kier molecular flexibility index (Phi) is 6.50. The van der Waals surface area contributed by atoms with Gasteiger partial charge < -0.3 is 19.5 Å². The molecular weight excluding hydrogens is 302 g/mol. The van der Waals surface area contributed by atoms with E-state index in [0.717, 1.165) is 5.56 Å². The van der Waals surface area contributed by atoms with Crippen LogP contribution in [0.2, 0.25) is 0 Å². The molecule has 0 bridgehead atoms. The second kappa shape index (κ2) is 8.60. The van der Waals surface area contributed by atoms with Crippen molar-refractivity contribution in [2.24, 2.45) is 5.92 Å². The van der Waals surface area contributed by atoms with Crippen molar-refractivity contribution in [1.29, 1.82) is 0 Å². The van der Waals surface area contributed by atoms with Gasteiger partial charge in [0.1, 0.15) is 0 Å². The summed E-state index contributed by atoms with van der Waals surface area (Å²) in [5, 5.41) is 3.64. The molecule has 0 unspecified atom stereocenters. The lowest BCUT2D eigenvalue weighted by Crippen LogP contribution is -2.25. The van der Waals surface area contributed by atoms with Crippen molar-refractivity contribution in [3.63, 3.8) is 0 Å². The van der Waals surface area contributed by atoms with E-state index in [9.17, 15) is 0 Å². The highest BCUT2D eigenvalue weighted by Gasteiger charge is 2.17. The fourth-order valence-electron chi connectivity index (χ4n) is 2.86. The summed E-state index contributed by atoms with van der Waals surface area (Å²) in [6, 6.07) is 14.8. The fourth-order valence-corrected chi connectivity index (χ4v) is 2.86. The standard InChI is InChI=1S/C20H27NO3/c1-14(2)19(16-9-7-6-8-10-16)21-13-15-11-17(22-3)20(24-5)18(12-15)23-4/h6-12,14,19,21H,13H2,1-5H3/t19-/m0/s1. The first-order chi connectivity index (χ1) is 11.6. The lowest BCUT2D eigenvalue weighted by atomic mass is 9.96. The van der Waals surface area contributed by atoms with Crippen molar-refractivity contribution in [2.75, 3.05) is 21.3 Å². The predicted octanol–water partition coefficient (Wildman–Crippen LogP) is 4.20. The van der Waals surface area contributed by atoms with E-state index in [4.69, 9.17) is 14.2 Å². The maximum atomic E-state index is 5.43. The molecular formula is C20H27NO3. The fraction of sp³-hybridized carbons (Fsp3) is 0.400. The topological polar surface area (TPSA) is 39.7 Å². The average molecular weight is 329 g/mol. The molecule has 0 aliphatic heterocycles. The highest BCUT2D eigenvalue weighted by Crippen LogP contribution is 2.38. The second-order valence-corrected chi connectivity index (χ2v) is 6.05. The highest BCUT2D eigenvalue weighted by molar-refractivity contribution is 5.53. The zero-order valence-corrected chi connectivity index (χ0v) is 15.1. The second-order valence-electron chi connectivity index (χ2n) is 6.05. The summed E-state index contributed by atoms with van der Waals surface area (Å²) in [6.07, 6.45) is 0. The summed E-state index contributed by atoms with van der Waals surface area (Å²) in [7, 11) is 4.88. The van der Waals surface area contributed by atoms with E-state index in [0.29, 0.717) is 29.7 Å². The van der Waals surface area contributed by atoms with Crippen LogP contribution in [0, 0.1) is 5.92 Å². The Morgan fingerprint density at radius 2 is 1.46 bits per heavy atom. The van der Waals surface area contributed by atoms with Gasteiger partial charge in [0, 0.05) is 12.6 Å². The summed E-state index contributed by atoms with van der Waals surface area (Å²) in [5.74, 6) is 2.45. The zero-order valence-electron chi connectivity index (χ0n) is 15.1. The molecule has 4 heteroatoms. The van der Waals surface area contributed by atoms with Crippen LogP contribution in [0.25, 0.3) is 0 Å². The summed E-state index contributed by atoms with van der Waals surface area (Å²) in [4.78, 5) is 0. The molecule has 0 heterocycles. The molecule has 24 heavy (non-hydrogen) atoms. The van der Waals surface area contributed by atoms with Crippen LogP contribution in [0.15, 0.2) is 42.5 Å². The number of nitrogens with one attached hydrogen (secondary N) is 1. The van der Waals surface area contributed by atoms with Gasteiger partial charge in [-0.1, -0.05) is 44.2 Å². The molecule has 1 atom stereocenters. The van der Waals surface area contributed by atoms with Gasteiger partial charge in [0.2, 0.25) is 5.75 Å². The van der Waals surface area contributed by atoms with Crippen LogP contribution in [-0.4, -0.2) is 21.3 Å². The van der Waals surface area contributed by atoms with Gasteiger partial charge in [-0.3, -0.25) is 0 Å². The van der Waals surface area contributed by atoms with Gasteiger partial charge >= 0.3 is 0 Å². The van der Waals surface area contributed by atoms with E-state index in [1.165, 1.54) is 5.56 Å². The van der Waals surface area contributed by atoms with Crippen molar-refractivity contribution in [3.8, 4) is 17.2 Å². The third-order valence-electron chi connectivity index (χ3n) is 4.08. The monoisotopic (exact) mass is 329 g/mol. The van der Waals surface area contributed by atoms with Gasteiger partial charge in [0.25, 0.3) is 0 Å². The molecule has 0 spiro atoms. The van der Waals surface area contributed by atoms with Gasteiger partial charge in [-0.2, -0.15) is 0 Å². The number of methoxy groups -OCH3 is 3. The molecule has 0 aliphatic carbocycles. The van der Waals surface area contributed by atoms with E-state index >= 15 is 0 Å². The van der Waals surface area contributed by atoms with Crippen LogP contribution in [0.5, 0.6) is 17.2 Å². The summed E-state index contributed by atoms with van der Waals surface area (Å²) >= 11 is 0. The molecule has 0 aromatic heterocycles. The van der Waals surface area contributed by atoms with Crippen LogP contribution in [0.4, 0.5) is 0 Å². The Labute approximate surface area is 144 Å². The number of benzene rings is 2. The van der Waals surface area contributed by atoms with Crippen LogP contribution < -0.4 is 19.5 Å². The smallest absolute Gasteiger partial charge is 0.203 e.